The molecule has 2 rings (SSSR count). The minimum atomic E-state index is -0.00863. The van der Waals surface area contributed by atoms with Crippen LogP contribution in [-0.2, 0) is 4.79 Å². The Morgan fingerprint density at radius 2 is 1.95 bits per heavy atom. The van der Waals surface area contributed by atoms with Gasteiger partial charge < -0.3 is 11.1 Å². The number of hydrogen-bond donors (Lipinski definition) is 2. The van der Waals surface area contributed by atoms with Crippen molar-refractivity contribution in [2.75, 3.05) is 16.8 Å². The van der Waals surface area contributed by atoms with Crippen molar-refractivity contribution in [3.63, 3.8) is 0 Å². The molecule has 0 bridgehead atoms. The van der Waals surface area contributed by atoms with Crippen molar-refractivity contribution in [2.24, 2.45) is 0 Å². The van der Waals surface area contributed by atoms with Gasteiger partial charge in [-0.25, -0.2) is 0 Å². The maximum Gasteiger partial charge on any atom is 0.234 e. The van der Waals surface area contributed by atoms with Crippen LogP contribution in [0.25, 0.3) is 0 Å². The molecule has 0 unspecified atom stereocenters. The molecule has 0 aliphatic heterocycles. The van der Waals surface area contributed by atoms with Crippen LogP contribution in [0.2, 0.25) is 0 Å². The Hall–Kier alpha value is -1.94. The number of amides is 1. The number of carbonyl (C=O) groups is 1. The quantitative estimate of drug-likeness (QED) is 0.663. The Kier molecular flexibility index (Phi) is 4.47. The fraction of sp³-hybridized carbons (Fsp3) is 0.133. The van der Waals surface area contributed by atoms with Crippen molar-refractivity contribution >= 4 is 29.0 Å². The summed E-state index contributed by atoms with van der Waals surface area (Å²) in [6.45, 7) is 1.96. The number of hydrogen-bond acceptors (Lipinski definition) is 3. The van der Waals surface area contributed by atoms with Gasteiger partial charge in [0.15, 0.2) is 0 Å². The molecule has 98 valence electrons. The molecule has 0 aromatic heterocycles. The van der Waals surface area contributed by atoms with Crippen molar-refractivity contribution in [3.05, 3.63) is 54.1 Å². The van der Waals surface area contributed by atoms with Crippen molar-refractivity contribution in [1.82, 2.24) is 0 Å². The normalized spacial score (nSPS) is 10.2. The first-order chi connectivity index (χ1) is 9.15. The SMILES string of the molecule is Cc1cc(SCC(=O)Nc2ccccc2)ccc1N. The van der Waals surface area contributed by atoms with E-state index < -0.39 is 0 Å². The Labute approximate surface area is 117 Å². The molecule has 0 heterocycles. The van der Waals surface area contributed by atoms with E-state index in [0.29, 0.717) is 5.75 Å². The number of carbonyl (C=O) groups excluding carboxylic acids is 1. The third-order valence-corrected chi connectivity index (χ3v) is 3.66. The monoisotopic (exact) mass is 272 g/mol. The van der Waals surface area contributed by atoms with Gasteiger partial charge in [0.05, 0.1) is 5.75 Å². The molecule has 1 amide bonds. The molecule has 2 aromatic carbocycles. The van der Waals surface area contributed by atoms with Gasteiger partial charge in [0.2, 0.25) is 5.91 Å². The zero-order chi connectivity index (χ0) is 13.7. The Morgan fingerprint density at radius 1 is 1.21 bits per heavy atom. The molecule has 0 radical (unpaired) electrons. The highest BCUT2D eigenvalue weighted by molar-refractivity contribution is 8.00. The van der Waals surface area contributed by atoms with Crippen LogP contribution in [-0.4, -0.2) is 11.7 Å². The molecular weight excluding hydrogens is 256 g/mol. The molecular formula is C15H16N2OS. The van der Waals surface area contributed by atoms with E-state index in [9.17, 15) is 4.79 Å². The number of rotatable bonds is 4. The van der Waals surface area contributed by atoms with E-state index in [1.807, 2.05) is 55.5 Å². The highest BCUT2D eigenvalue weighted by Gasteiger charge is 2.04. The first-order valence-electron chi connectivity index (χ1n) is 5.99. The predicted octanol–water partition coefficient (Wildman–Crippen LogP) is 3.31. The number of nitrogen functional groups attached to an aromatic ring is 1. The second kappa shape index (κ2) is 6.29. The Bertz CT molecular complexity index is 570. The van der Waals surface area contributed by atoms with Gasteiger partial charge in [0, 0.05) is 16.3 Å². The van der Waals surface area contributed by atoms with Gasteiger partial charge in [0.25, 0.3) is 0 Å². The van der Waals surface area contributed by atoms with Crippen LogP contribution in [0.15, 0.2) is 53.4 Å². The fourth-order valence-corrected chi connectivity index (χ4v) is 2.40. The van der Waals surface area contributed by atoms with E-state index in [-0.39, 0.29) is 5.91 Å². The third-order valence-electron chi connectivity index (χ3n) is 2.67. The average Bonchev–Trinajstić information content (AvgIpc) is 2.41. The smallest absolute Gasteiger partial charge is 0.234 e. The van der Waals surface area contributed by atoms with Crippen molar-refractivity contribution in [1.29, 1.82) is 0 Å². The molecule has 0 atom stereocenters. The van der Waals surface area contributed by atoms with Gasteiger partial charge in [-0.1, -0.05) is 18.2 Å². The number of thioether (sulfide) groups is 1. The highest BCUT2D eigenvalue weighted by Crippen LogP contribution is 2.22. The van der Waals surface area contributed by atoms with Crippen LogP contribution in [0.1, 0.15) is 5.56 Å². The van der Waals surface area contributed by atoms with Crippen molar-refractivity contribution in [2.45, 2.75) is 11.8 Å². The Morgan fingerprint density at radius 3 is 2.63 bits per heavy atom. The van der Waals surface area contributed by atoms with Crippen LogP contribution in [0.4, 0.5) is 11.4 Å². The minimum absolute atomic E-state index is 0.00863. The summed E-state index contributed by atoms with van der Waals surface area (Å²) in [5, 5.41) is 2.85. The summed E-state index contributed by atoms with van der Waals surface area (Å²) >= 11 is 1.50. The number of benzene rings is 2. The summed E-state index contributed by atoms with van der Waals surface area (Å²) < 4.78 is 0. The molecule has 0 saturated heterocycles. The van der Waals surface area contributed by atoms with Crippen molar-refractivity contribution < 1.29 is 4.79 Å². The van der Waals surface area contributed by atoms with E-state index in [4.69, 9.17) is 5.73 Å². The van der Waals surface area contributed by atoms with Gasteiger partial charge in [-0.3, -0.25) is 4.79 Å². The second-order valence-electron chi connectivity index (χ2n) is 4.22. The van der Waals surface area contributed by atoms with Crippen LogP contribution in [0, 0.1) is 6.92 Å². The van der Waals surface area contributed by atoms with E-state index >= 15 is 0 Å². The summed E-state index contributed by atoms with van der Waals surface area (Å²) in [6, 6.07) is 15.2. The van der Waals surface area contributed by atoms with E-state index in [1.165, 1.54) is 11.8 Å². The van der Waals surface area contributed by atoms with E-state index in [0.717, 1.165) is 21.8 Å². The van der Waals surface area contributed by atoms with Gasteiger partial charge in [0.1, 0.15) is 0 Å². The largest absolute Gasteiger partial charge is 0.399 e. The minimum Gasteiger partial charge on any atom is -0.399 e. The summed E-state index contributed by atoms with van der Waals surface area (Å²) in [5.41, 5.74) is 8.39. The molecule has 0 spiro atoms. The third kappa shape index (κ3) is 4.03. The Balaban J connectivity index is 1.88. The summed E-state index contributed by atoms with van der Waals surface area (Å²) in [6.07, 6.45) is 0. The van der Waals surface area contributed by atoms with E-state index in [2.05, 4.69) is 5.32 Å². The molecule has 0 fully saturated rings. The molecule has 0 saturated carbocycles. The second-order valence-corrected chi connectivity index (χ2v) is 5.27. The molecule has 19 heavy (non-hydrogen) atoms. The van der Waals surface area contributed by atoms with Gasteiger partial charge in [-0.05, 0) is 42.8 Å². The summed E-state index contributed by atoms with van der Waals surface area (Å²) in [5.74, 6) is 0.379. The number of nitrogens with two attached hydrogens (primary N) is 1. The molecule has 4 heteroatoms. The molecule has 3 N–H and O–H groups in total. The number of nitrogens with one attached hydrogen (secondary N) is 1. The maximum atomic E-state index is 11.8. The van der Waals surface area contributed by atoms with Crippen LogP contribution in [0.5, 0.6) is 0 Å². The number of aryl methyl sites for hydroxylation is 1. The molecule has 3 nitrogen and oxygen atoms in total. The fourth-order valence-electron chi connectivity index (χ4n) is 1.61. The topological polar surface area (TPSA) is 55.1 Å². The lowest BCUT2D eigenvalue weighted by Crippen LogP contribution is -2.13. The van der Waals surface area contributed by atoms with Crippen LogP contribution < -0.4 is 11.1 Å². The molecule has 2 aromatic rings. The lowest BCUT2D eigenvalue weighted by molar-refractivity contribution is -0.113. The van der Waals surface area contributed by atoms with Gasteiger partial charge in [-0.15, -0.1) is 11.8 Å². The zero-order valence-corrected chi connectivity index (χ0v) is 11.5. The van der Waals surface area contributed by atoms with E-state index in [1.54, 1.807) is 0 Å². The summed E-state index contributed by atoms with van der Waals surface area (Å²) in [4.78, 5) is 12.8. The van der Waals surface area contributed by atoms with Crippen LogP contribution >= 0.6 is 11.8 Å². The highest BCUT2D eigenvalue weighted by atomic mass is 32.2. The van der Waals surface area contributed by atoms with Crippen LogP contribution in [0.3, 0.4) is 0 Å². The number of anilines is 2. The first kappa shape index (κ1) is 13.5. The van der Waals surface area contributed by atoms with Gasteiger partial charge in [-0.2, -0.15) is 0 Å². The molecule has 0 aliphatic rings. The average molecular weight is 272 g/mol. The lowest BCUT2D eigenvalue weighted by atomic mass is 10.2. The number of para-hydroxylation sites is 1. The summed E-state index contributed by atoms with van der Waals surface area (Å²) in [7, 11) is 0. The molecule has 0 aliphatic carbocycles. The lowest BCUT2D eigenvalue weighted by Gasteiger charge is -2.06. The van der Waals surface area contributed by atoms with Gasteiger partial charge >= 0.3 is 0 Å². The standard InChI is InChI=1S/C15H16N2OS/c1-11-9-13(7-8-14(11)16)19-10-15(18)17-12-5-3-2-4-6-12/h2-9H,10,16H2,1H3,(H,17,18). The first-order valence-corrected chi connectivity index (χ1v) is 6.97. The van der Waals surface area contributed by atoms with Crippen molar-refractivity contribution in [3.8, 4) is 0 Å². The maximum absolute atomic E-state index is 11.8. The zero-order valence-electron chi connectivity index (χ0n) is 10.7. The predicted molar refractivity (Wildman–Crippen MR) is 81.4 cm³/mol.